The molecule has 0 bridgehead atoms. The quantitative estimate of drug-likeness (QED) is 0.779. The second-order valence-electron chi connectivity index (χ2n) is 6.89. The lowest BCUT2D eigenvalue weighted by Gasteiger charge is -2.33. The molecule has 1 fully saturated rings. The van der Waals surface area contributed by atoms with Crippen LogP contribution in [0.1, 0.15) is 47.7 Å². The van der Waals surface area contributed by atoms with Gasteiger partial charge in [0.25, 0.3) is 5.91 Å². The van der Waals surface area contributed by atoms with Crippen LogP contribution in [0.25, 0.3) is 0 Å². The summed E-state index contributed by atoms with van der Waals surface area (Å²) in [5.74, 6) is -0.0684. The Balaban J connectivity index is 0.00000243. The lowest BCUT2D eigenvalue weighted by Crippen LogP contribution is -2.37. The molecule has 1 amide bonds. The zero-order chi connectivity index (χ0) is 17.6. The highest BCUT2D eigenvalue weighted by molar-refractivity contribution is 5.94. The van der Waals surface area contributed by atoms with Gasteiger partial charge in [-0.25, -0.2) is 0 Å². The minimum atomic E-state index is -0.0684. The van der Waals surface area contributed by atoms with E-state index >= 15 is 0 Å². The van der Waals surface area contributed by atoms with E-state index in [0.29, 0.717) is 23.8 Å². The van der Waals surface area contributed by atoms with Crippen LogP contribution in [0.4, 0.5) is 5.69 Å². The van der Waals surface area contributed by atoms with Gasteiger partial charge in [-0.2, -0.15) is 0 Å². The molecule has 0 spiro atoms. The zero-order valence-electron chi connectivity index (χ0n) is 15.3. The van der Waals surface area contributed by atoms with Crippen molar-refractivity contribution in [1.82, 2.24) is 10.2 Å². The number of carbonyl (C=O) groups is 1. The molecule has 1 atom stereocenters. The number of amides is 1. The highest BCUT2D eigenvalue weighted by Crippen LogP contribution is 2.21. The van der Waals surface area contributed by atoms with Gasteiger partial charge in [0.2, 0.25) is 0 Å². The average molecular weight is 374 g/mol. The number of piperidine rings is 1. The number of halogens is 1. The number of anilines is 1. The summed E-state index contributed by atoms with van der Waals surface area (Å²) in [5.41, 5.74) is 9.46. The van der Waals surface area contributed by atoms with Crippen LogP contribution in [-0.2, 0) is 13.1 Å². The van der Waals surface area contributed by atoms with Crippen LogP contribution in [0.5, 0.6) is 0 Å². The SMILES string of the molecule is CC1CCCCN1Cc1ccccc1CNC(=O)c1ccc(N)cc1.Cl. The largest absolute Gasteiger partial charge is 0.399 e. The molecule has 1 saturated heterocycles. The number of hydrogen-bond donors (Lipinski definition) is 2. The van der Waals surface area contributed by atoms with Crippen molar-refractivity contribution in [1.29, 1.82) is 0 Å². The number of carbonyl (C=O) groups excluding carboxylic acids is 1. The maximum absolute atomic E-state index is 12.3. The Kier molecular flexibility index (Phi) is 7.49. The summed E-state index contributed by atoms with van der Waals surface area (Å²) >= 11 is 0. The van der Waals surface area contributed by atoms with E-state index in [1.807, 2.05) is 6.07 Å². The molecule has 2 aromatic carbocycles. The summed E-state index contributed by atoms with van der Waals surface area (Å²) < 4.78 is 0. The van der Waals surface area contributed by atoms with Crippen molar-refractivity contribution in [3.05, 3.63) is 65.2 Å². The normalized spacial score (nSPS) is 17.3. The van der Waals surface area contributed by atoms with Crippen LogP contribution in [0.2, 0.25) is 0 Å². The molecule has 1 heterocycles. The summed E-state index contributed by atoms with van der Waals surface area (Å²) in [6.07, 6.45) is 3.88. The lowest BCUT2D eigenvalue weighted by molar-refractivity contribution is 0.0950. The number of hydrogen-bond acceptors (Lipinski definition) is 3. The predicted octanol–water partition coefficient (Wildman–Crippen LogP) is 4.00. The molecule has 0 radical (unpaired) electrons. The number of rotatable bonds is 5. The van der Waals surface area contributed by atoms with Gasteiger partial charge < -0.3 is 11.1 Å². The molecule has 1 unspecified atom stereocenters. The molecule has 0 saturated carbocycles. The van der Waals surface area contributed by atoms with Gasteiger partial charge in [0.15, 0.2) is 0 Å². The van der Waals surface area contributed by atoms with E-state index in [1.165, 1.54) is 30.4 Å². The van der Waals surface area contributed by atoms with E-state index in [-0.39, 0.29) is 18.3 Å². The van der Waals surface area contributed by atoms with E-state index in [9.17, 15) is 4.79 Å². The van der Waals surface area contributed by atoms with Crippen molar-refractivity contribution >= 4 is 24.0 Å². The summed E-state index contributed by atoms with van der Waals surface area (Å²) in [6.45, 7) is 4.97. The van der Waals surface area contributed by atoms with Gasteiger partial charge in [-0.05, 0) is 61.7 Å². The third kappa shape index (κ3) is 5.23. The van der Waals surface area contributed by atoms with Crippen LogP contribution in [0.3, 0.4) is 0 Å². The highest BCUT2D eigenvalue weighted by Gasteiger charge is 2.19. The van der Waals surface area contributed by atoms with Crippen molar-refractivity contribution in [3.63, 3.8) is 0 Å². The Hall–Kier alpha value is -2.04. The topological polar surface area (TPSA) is 58.4 Å². The van der Waals surface area contributed by atoms with Crippen molar-refractivity contribution in [2.24, 2.45) is 0 Å². The number of nitrogens with one attached hydrogen (secondary N) is 1. The molecule has 4 nitrogen and oxygen atoms in total. The molecule has 3 rings (SSSR count). The van der Waals surface area contributed by atoms with E-state index in [0.717, 1.165) is 13.1 Å². The molecule has 140 valence electrons. The number of nitrogen functional groups attached to an aromatic ring is 1. The van der Waals surface area contributed by atoms with Gasteiger partial charge in [0, 0.05) is 30.4 Å². The minimum absolute atomic E-state index is 0. The van der Waals surface area contributed by atoms with E-state index in [1.54, 1.807) is 24.3 Å². The number of nitrogens with two attached hydrogens (primary N) is 1. The smallest absolute Gasteiger partial charge is 0.251 e. The second kappa shape index (κ2) is 9.60. The van der Waals surface area contributed by atoms with Crippen molar-refractivity contribution in [2.45, 2.75) is 45.3 Å². The molecule has 26 heavy (non-hydrogen) atoms. The maximum Gasteiger partial charge on any atom is 0.251 e. The Morgan fingerprint density at radius 1 is 1.12 bits per heavy atom. The van der Waals surface area contributed by atoms with Crippen LogP contribution in [0, 0.1) is 0 Å². The monoisotopic (exact) mass is 373 g/mol. The van der Waals surface area contributed by atoms with Gasteiger partial charge >= 0.3 is 0 Å². The van der Waals surface area contributed by atoms with E-state index in [2.05, 4.69) is 35.3 Å². The van der Waals surface area contributed by atoms with Crippen LogP contribution in [0.15, 0.2) is 48.5 Å². The zero-order valence-corrected chi connectivity index (χ0v) is 16.1. The molecule has 0 aromatic heterocycles. The van der Waals surface area contributed by atoms with Gasteiger partial charge in [-0.1, -0.05) is 30.7 Å². The summed E-state index contributed by atoms with van der Waals surface area (Å²) in [7, 11) is 0. The number of benzene rings is 2. The Bertz CT molecular complexity index is 717. The fraction of sp³-hybridized carbons (Fsp3) is 0.381. The fourth-order valence-electron chi connectivity index (χ4n) is 3.41. The first kappa shape index (κ1) is 20.3. The third-order valence-corrected chi connectivity index (χ3v) is 5.04. The molecule has 0 aliphatic carbocycles. The Morgan fingerprint density at radius 3 is 2.50 bits per heavy atom. The molecule has 1 aliphatic rings. The van der Waals surface area contributed by atoms with E-state index < -0.39 is 0 Å². The van der Waals surface area contributed by atoms with Gasteiger partial charge in [-0.15, -0.1) is 12.4 Å². The Labute approximate surface area is 162 Å². The lowest BCUT2D eigenvalue weighted by atomic mass is 10.0. The fourth-order valence-corrected chi connectivity index (χ4v) is 3.41. The predicted molar refractivity (Wildman–Crippen MR) is 109 cm³/mol. The molecule has 1 aliphatic heterocycles. The third-order valence-electron chi connectivity index (χ3n) is 5.04. The first-order chi connectivity index (χ1) is 12.1. The molecule has 3 N–H and O–H groups in total. The van der Waals surface area contributed by atoms with Crippen molar-refractivity contribution < 1.29 is 4.79 Å². The number of nitrogens with zero attached hydrogens (tertiary/aromatic N) is 1. The van der Waals surface area contributed by atoms with E-state index in [4.69, 9.17) is 5.73 Å². The first-order valence-electron chi connectivity index (χ1n) is 9.08. The van der Waals surface area contributed by atoms with Crippen molar-refractivity contribution in [2.75, 3.05) is 12.3 Å². The van der Waals surface area contributed by atoms with Gasteiger partial charge in [0.1, 0.15) is 0 Å². The van der Waals surface area contributed by atoms with Crippen LogP contribution in [-0.4, -0.2) is 23.4 Å². The van der Waals surface area contributed by atoms with Crippen molar-refractivity contribution in [3.8, 4) is 0 Å². The standard InChI is InChI=1S/C21H27N3O.ClH/c1-16-6-4-5-13-24(16)15-19-8-3-2-7-18(19)14-23-21(25)17-9-11-20(22)12-10-17;/h2-3,7-12,16H,4-6,13-15,22H2,1H3,(H,23,25);1H. The molecule has 5 heteroatoms. The van der Waals surface area contributed by atoms with Gasteiger partial charge in [-0.3, -0.25) is 9.69 Å². The van der Waals surface area contributed by atoms with Crippen LogP contribution >= 0.6 is 12.4 Å². The average Bonchev–Trinajstić information content (AvgIpc) is 2.63. The Morgan fingerprint density at radius 2 is 1.81 bits per heavy atom. The molecular weight excluding hydrogens is 346 g/mol. The maximum atomic E-state index is 12.3. The molecular formula is C21H28ClN3O. The second-order valence-corrected chi connectivity index (χ2v) is 6.89. The summed E-state index contributed by atoms with van der Waals surface area (Å²) in [4.78, 5) is 14.9. The van der Waals surface area contributed by atoms with Crippen LogP contribution < -0.4 is 11.1 Å². The summed E-state index contributed by atoms with van der Waals surface area (Å²) in [5, 5.41) is 3.03. The highest BCUT2D eigenvalue weighted by atomic mass is 35.5. The van der Waals surface area contributed by atoms with Gasteiger partial charge in [0.05, 0.1) is 0 Å². The number of likely N-dealkylation sites (tertiary alicyclic amines) is 1. The first-order valence-corrected chi connectivity index (χ1v) is 9.08. The molecule has 2 aromatic rings. The minimum Gasteiger partial charge on any atom is -0.399 e. The summed E-state index contributed by atoms with van der Waals surface area (Å²) in [6, 6.07) is 16.0.